The van der Waals surface area contributed by atoms with Crippen LogP contribution in [-0.2, 0) is 6.54 Å². The van der Waals surface area contributed by atoms with Gasteiger partial charge in [-0.1, -0.05) is 12.1 Å². The molecule has 0 radical (unpaired) electrons. The number of pyridine rings is 1. The Morgan fingerprint density at radius 2 is 1.74 bits per heavy atom. The average Bonchev–Trinajstić information content (AvgIpc) is 3.16. The highest BCUT2D eigenvalue weighted by molar-refractivity contribution is 5.64. The van der Waals surface area contributed by atoms with Crippen LogP contribution in [0.2, 0.25) is 0 Å². The zero-order valence-electron chi connectivity index (χ0n) is 15.1. The first-order chi connectivity index (χ1) is 13.3. The molecule has 1 N–H and O–H groups in total. The van der Waals surface area contributed by atoms with Gasteiger partial charge in [-0.05, 0) is 35.9 Å². The lowest BCUT2D eigenvalue weighted by atomic mass is 10.2. The molecule has 0 fully saturated rings. The van der Waals surface area contributed by atoms with E-state index in [9.17, 15) is 0 Å². The number of ether oxygens (including phenoxy) is 2. The monoisotopic (exact) mass is 361 g/mol. The lowest BCUT2D eigenvalue weighted by Crippen LogP contribution is -2.04. The summed E-state index contributed by atoms with van der Waals surface area (Å²) in [5.74, 6) is 2.29. The number of anilines is 1. The van der Waals surface area contributed by atoms with E-state index in [1.54, 1.807) is 37.3 Å². The third kappa shape index (κ3) is 3.52. The summed E-state index contributed by atoms with van der Waals surface area (Å²) in [5.41, 5.74) is 3.65. The van der Waals surface area contributed by atoms with E-state index >= 15 is 0 Å². The van der Waals surface area contributed by atoms with Crippen molar-refractivity contribution in [2.75, 3.05) is 19.5 Å². The Hall–Kier alpha value is -3.61. The van der Waals surface area contributed by atoms with Crippen molar-refractivity contribution >= 4 is 11.5 Å². The minimum absolute atomic E-state index is 0.660. The number of nitrogens with one attached hydrogen (secondary N) is 1. The van der Waals surface area contributed by atoms with Gasteiger partial charge in [-0.3, -0.25) is 4.98 Å². The summed E-state index contributed by atoms with van der Waals surface area (Å²) in [5, 5.41) is 8.01. The van der Waals surface area contributed by atoms with Crippen molar-refractivity contribution < 1.29 is 9.47 Å². The van der Waals surface area contributed by atoms with E-state index in [0.29, 0.717) is 12.3 Å². The van der Waals surface area contributed by atoms with Gasteiger partial charge in [0.2, 0.25) is 0 Å². The maximum Gasteiger partial charge on any atom is 0.154 e. The summed E-state index contributed by atoms with van der Waals surface area (Å²) in [6, 6.07) is 13.7. The van der Waals surface area contributed by atoms with Gasteiger partial charge in [0.05, 0.1) is 32.3 Å². The van der Waals surface area contributed by atoms with Crippen LogP contribution in [0.5, 0.6) is 11.5 Å². The predicted molar refractivity (Wildman–Crippen MR) is 103 cm³/mol. The van der Waals surface area contributed by atoms with Crippen LogP contribution in [0.3, 0.4) is 0 Å². The maximum absolute atomic E-state index is 5.26. The smallest absolute Gasteiger partial charge is 0.154 e. The van der Waals surface area contributed by atoms with E-state index in [1.165, 1.54) is 0 Å². The Kier molecular flexibility index (Phi) is 4.57. The standard InChI is InChI=1S/C20H19N5O2/c1-26-16-5-3-14(4-6-16)10-22-19-7-8-20-23-13-18(25(20)24-19)15-9-17(27-2)12-21-11-15/h3-9,11-13H,10H2,1-2H3,(H,22,24). The first-order valence-corrected chi connectivity index (χ1v) is 8.48. The van der Waals surface area contributed by atoms with E-state index in [-0.39, 0.29) is 0 Å². The third-order valence-electron chi connectivity index (χ3n) is 4.24. The van der Waals surface area contributed by atoms with Crippen LogP contribution in [0.15, 0.2) is 61.1 Å². The molecule has 0 aliphatic rings. The Bertz CT molecular complexity index is 1060. The topological polar surface area (TPSA) is 73.6 Å². The Morgan fingerprint density at radius 1 is 0.926 bits per heavy atom. The SMILES string of the molecule is COc1ccc(CNc2ccc3ncc(-c4cncc(OC)c4)n3n2)cc1. The number of nitrogens with zero attached hydrogens (tertiary/aromatic N) is 4. The fourth-order valence-corrected chi connectivity index (χ4v) is 2.77. The normalized spacial score (nSPS) is 10.7. The number of rotatable bonds is 6. The molecule has 3 heterocycles. The number of benzene rings is 1. The molecule has 4 aromatic rings. The molecule has 0 unspecified atom stereocenters. The minimum Gasteiger partial charge on any atom is -0.497 e. The second-order valence-electron chi connectivity index (χ2n) is 5.95. The number of imidazole rings is 1. The van der Waals surface area contributed by atoms with Crippen molar-refractivity contribution in [3.63, 3.8) is 0 Å². The van der Waals surface area contributed by atoms with Gasteiger partial charge < -0.3 is 14.8 Å². The van der Waals surface area contributed by atoms with Crippen LogP contribution in [0.25, 0.3) is 16.9 Å². The highest BCUT2D eigenvalue weighted by atomic mass is 16.5. The Balaban J connectivity index is 1.59. The van der Waals surface area contributed by atoms with Gasteiger partial charge in [0.15, 0.2) is 5.65 Å². The fourth-order valence-electron chi connectivity index (χ4n) is 2.77. The zero-order chi connectivity index (χ0) is 18.6. The third-order valence-corrected chi connectivity index (χ3v) is 4.24. The lowest BCUT2D eigenvalue weighted by molar-refractivity contribution is 0.413. The summed E-state index contributed by atoms with van der Waals surface area (Å²) in [7, 11) is 3.28. The molecule has 0 amide bonds. The van der Waals surface area contributed by atoms with Crippen molar-refractivity contribution in [1.82, 2.24) is 19.6 Å². The molecule has 0 saturated heterocycles. The Labute approximate surface area is 156 Å². The van der Waals surface area contributed by atoms with Crippen LogP contribution in [0.4, 0.5) is 5.82 Å². The Morgan fingerprint density at radius 3 is 2.52 bits per heavy atom. The number of aromatic nitrogens is 4. The lowest BCUT2D eigenvalue weighted by Gasteiger charge is -2.08. The molecule has 0 aliphatic carbocycles. The van der Waals surface area contributed by atoms with E-state index in [0.717, 1.165) is 34.0 Å². The maximum atomic E-state index is 5.26. The summed E-state index contributed by atoms with van der Waals surface area (Å²) >= 11 is 0. The molecule has 0 atom stereocenters. The zero-order valence-corrected chi connectivity index (χ0v) is 15.1. The van der Waals surface area contributed by atoms with Crippen LogP contribution in [0.1, 0.15) is 5.56 Å². The summed E-state index contributed by atoms with van der Waals surface area (Å²) in [4.78, 5) is 8.63. The van der Waals surface area contributed by atoms with E-state index in [4.69, 9.17) is 9.47 Å². The molecule has 1 aromatic carbocycles. The molecule has 0 saturated carbocycles. The molecule has 7 nitrogen and oxygen atoms in total. The average molecular weight is 361 g/mol. The van der Waals surface area contributed by atoms with Gasteiger partial charge in [-0.25, -0.2) is 9.50 Å². The summed E-state index contributed by atoms with van der Waals surface area (Å²) in [6.07, 6.45) is 5.22. The molecule has 27 heavy (non-hydrogen) atoms. The minimum atomic E-state index is 0.660. The highest BCUT2D eigenvalue weighted by Gasteiger charge is 2.09. The van der Waals surface area contributed by atoms with Gasteiger partial charge in [0, 0.05) is 18.3 Å². The van der Waals surface area contributed by atoms with Gasteiger partial charge >= 0.3 is 0 Å². The van der Waals surface area contributed by atoms with Gasteiger partial charge in [-0.2, -0.15) is 0 Å². The molecule has 0 aliphatic heterocycles. The first kappa shape index (κ1) is 16.8. The van der Waals surface area contributed by atoms with Crippen LogP contribution in [-0.4, -0.2) is 33.8 Å². The summed E-state index contributed by atoms with van der Waals surface area (Å²) < 4.78 is 12.2. The van der Waals surface area contributed by atoms with E-state index < -0.39 is 0 Å². The fraction of sp³-hybridized carbons (Fsp3) is 0.150. The van der Waals surface area contributed by atoms with Crippen molar-refractivity contribution in [2.24, 2.45) is 0 Å². The quantitative estimate of drug-likeness (QED) is 0.567. The second kappa shape index (κ2) is 7.33. The first-order valence-electron chi connectivity index (χ1n) is 8.48. The molecule has 136 valence electrons. The largest absolute Gasteiger partial charge is 0.497 e. The summed E-state index contributed by atoms with van der Waals surface area (Å²) in [6.45, 7) is 0.660. The highest BCUT2D eigenvalue weighted by Crippen LogP contribution is 2.23. The molecular weight excluding hydrogens is 342 g/mol. The molecule has 4 rings (SSSR count). The van der Waals surface area contributed by atoms with Crippen molar-refractivity contribution in [2.45, 2.75) is 6.54 Å². The van der Waals surface area contributed by atoms with Crippen LogP contribution in [0, 0.1) is 0 Å². The van der Waals surface area contributed by atoms with Crippen LogP contribution >= 0.6 is 0 Å². The molecule has 0 bridgehead atoms. The van der Waals surface area contributed by atoms with Gasteiger partial charge in [-0.15, -0.1) is 5.10 Å². The van der Waals surface area contributed by atoms with E-state index in [2.05, 4.69) is 20.4 Å². The molecule has 7 heteroatoms. The second-order valence-corrected chi connectivity index (χ2v) is 5.95. The van der Waals surface area contributed by atoms with Gasteiger partial charge in [0.1, 0.15) is 17.3 Å². The van der Waals surface area contributed by atoms with Crippen molar-refractivity contribution in [3.8, 4) is 22.8 Å². The van der Waals surface area contributed by atoms with Crippen molar-refractivity contribution in [3.05, 3.63) is 66.6 Å². The molecular formula is C20H19N5O2. The number of methoxy groups -OCH3 is 2. The molecule has 3 aromatic heterocycles. The van der Waals surface area contributed by atoms with Crippen LogP contribution < -0.4 is 14.8 Å². The number of hydrogen-bond acceptors (Lipinski definition) is 6. The van der Waals surface area contributed by atoms with Gasteiger partial charge in [0.25, 0.3) is 0 Å². The molecule has 0 spiro atoms. The van der Waals surface area contributed by atoms with Crippen molar-refractivity contribution in [1.29, 1.82) is 0 Å². The van der Waals surface area contributed by atoms with E-state index in [1.807, 2.05) is 42.5 Å². The number of fused-ring (bicyclic) bond motifs is 1. The predicted octanol–water partition coefficient (Wildman–Crippen LogP) is 3.42. The number of hydrogen-bond donors (Lipinski definition) is 1.